The molecular formula is C19H39IN4O2S. The number of likely N-dealkylation sites (tertiary alicyclic amines) is 1. The quantitative estimate of drug-likeness (QED) is 0.336. The first-order chi connectivity index (χ1) is 12.3. The average molecular weight is 515 g/mol. The summed E-state index contributed by atoms with van der Waals surface area (Å²) in [7, 11) is -1.24. The number of nitrogens with one attached hydrogen (secondary N) is 1. The van der Waals surface area contributed by atoms with Crippen LogP contribution >= 0.6 is 24.0 Å². The fourth-order valence-corrected chi connectivity index (χ4v) is 5.72. The molecule has 0 spiro atoms. The van der Waals surface area contributed by atoms with E-state index in [2.05, 4.69) is 34.0 Å². The Morgan fingerprint density at radius 1 is 1.15 bits per heavy atom. The summed E-state index contributed by atoms with van der Waals surface area (Å²) in [6.07, 6.45) is 4.97. The van der Waals surface area contributed by atoms with E-state index in [9.17, 15) is 8.42 Å². The number of sulfone groups is 1. The Morgan fingerprint density at radius 2 is 1.74 bits per heavy atom. The predicted octanol–water partition coefficient (Wildman–Crippen LogP) is 2.59. The molecule has 0 amide bonds. The van der Waals surface area contributed by atoms with Gasteiger partial charge in [0.1, 0.15) is 0 Å². The summed E-state index contributed by atoms with van der Waals surface area (Å²) in [5, 5.41) is 3.57. The molecule has 0 saturated carbocycles. The van der Waals surface area contributed by atoms with Crippen molar-refractivity contribution in [2.24, 2.45) is 10.9 Å². The normalized spacial score (nSPS) is 23.9. The van der Waals surface area contributed by atoms with Crippen molar-refractivity contribution in [1.29, 1.82) is 0 Å². The van der Waals surface area contributed by atoms with Gasteiger partial charge in [0.15, 0.2) is 15.8 Å². The molecular weight excluding hydrogens is 475 g/mol. The molecule has 2 rings (SSSR count). The van der Waals surface area contributed by atoms with Crippen molar-refractivity contribution in [2.75, 3.05) is 45.5 Å². The molecule has 1 N–H and O–H groups in total. The van der Waals surface area contributed by atoms with Gasteiger partial charge in [0, 0.05) is 32.7 Å². The maximum absolute atomic E-state index is 12.3. The molecule has 2 fully saturated rings. The minimum Gasteiger partial charge on any atom is -0.355 e. The van der Waals surface area contributed by atoms with Crippen LogP contribution < -0.4 is 5.32 Å². The standard InChI is InChI=1S/C19H38N4O2S.HI/c1-6-16(7-2)17(22-10-8-9-11-22)14-21-18(20-5)23-12-13-26(24,25)19(3,4)15-23;/h16-17H,6-15H2,1-5H3,(H,20,21);1H. The first-order valence-corrected chi connectivity index (χ1v) is 11.8. The van der Waals surface area contributed by atoms with E-state index in [1.165, 1.54) is 38.8 Å². The highest BCUT2D eigenvalue weighted by atomic mass is 127. The number of hydrogen-bond acceptors (Lipinski definition) is 4. The van der Waals surface area contributed by atoms with Crippen LogP contribution in [0.5, 0.6) is 0 Å². The first kappa shape index (κ1) is 24.9. The molecule has 27 heavy (non-hydrogen) atoms. The van der Waals surface area contributed by atoms with Crippen molar-refractivity contribution >= 4 is 39.8 Å². The van der Waals surface area contributed by atoms with Crippen LogP contribution in [-0.2, 0) is 9.84 Å². The van der Waals surface area contributed by atoms with Crippen LogP contribution in [0, 0.1) is 5.92 Å². The van der Waals surface area contributed by atoms with Gasteiger partial charge < -0.3 is 10.2 Å². The van der Waals surface area contributed by atoms with E-state index in [0.717, 1.165) is 12.5 Å². The largest absolute Gasteiger partial charge is 0.355 e. The molecule has 2 aliphatic heterocycles. The van der Waals surface area contributed by atoms with Gasteiger partial charge in [-0.05, 0) is 45.7 Å². The van der Waals surface area contributed by atoms with Crippen LogP contribution in [0.4, 0.5) is 0 Å². The third kappa shape index (κ3) is 5.95. The van der Waals surface area contributed by atoms with Crippen molar-refractivity contribution in [1.82, 2.24) is 15.1 Å². The molecule has 1 atom stereocenters. The van der Waals surface area contributed by atoms with E-state index in [1.54, 1.807) is 7.05 Å². The second-order valence-electron chi connectivity index (χ2n) is 8.32. The minimum absolute atomic E-state index is 0. The van der Waals surface area contributed by atoms with Gasteiger partial charge in [-0.1, -0.05) is 26.7 Å². The Hall–Kier alpha value is -0.0900. The lowest BCUT2D eigenvalue weighted by atomic mass is 9.93. The number of halogens is 1. The minimum atomic E-state index is -3.03. The van der Waals surface area contributed by atoms with Gasteiger partial charge in [0.05, 0.1) is 10.5 Å². The number of rotatable bonds is 6. The van der Waals surface area contributed by atoms with Crippen molar-refractivity contribution in [3.8, 4) is 0 Å². The van der Waals surface area contributed by atoms with Crippen LogP contribution in [0.25, 0.3) is 0 Å². The van der Waals surface area contributed by atoms with Crippen LogP contribution in [0.3, 0.4) is 0 Å². The van der Waals surface area contributed by atoms with E-state index in [0.29, 0.717) is 25.0 Å². The van der Waals surface area contributed by atoms with Crippen LogP contribution in [0.1, 0.15) is 53.4 Å². The van der Waals surface area contributed by atoms with Gasteiger partial charge in [-0.25, -0.2) is 8.42 Å². The van der Waals surface area contributed by atoms with Crippen molar-refractivity contribution in [3.63, 3.8) is 0 Å². The zero-order valence-corrected chi connectivity index (χ0v) is 20.8. The Labute approximate surface area is 183 Å². The van der Waals surface area contributed by atoms with E-state index in [1.807, 2.05) is 13.8 Å². The van der Waals surface area contributed by atoms with E-state index in [-0.39, 0.29) is 29.7 Å². The Kier molecular flexibility index (Phi) is 9.81. The SMILES string of the molecule is CCC(CC)C(CNC(=NC)N1CCS(=O)(=O)C(C)(C)C1)N1CCCC1.I. The zero-order chi connectivity index (χ0) is 19.4. The van der Waals surface area contributed by atoms with Crippen LogP contribution in [0.2, 0.25) is 0 Å². The lowest BCUT2D eigenvalue weighted by molar-refractivity contribution is 0.165. The molecule has 0 bridgehead atoms. The fourth-order valence-electron chi connectivity index (χ4n) is 4.35. The van der Waals surface area contributed by atoms with Crippen molar-refractivity contribution < 1.29 is 8.42 Å². The summed E-state index contributed by atoms with van der Waals surface area (Å²) < 4.78 is 23.8. The van der Waals surface area contributed by atoms with Crippen LogP contribution in [0.15, 0.2) is 4.99 Å². The molecule has 0 radical (unpaired) electrons. The Morgan fingerprint density at radius 3 is 2.22 bits per heavy atom. The van der Waals surface area contributed by atoms with E-state index >= 15 is 0 Å². The van der Waals surface area contributed by atoms with Crippen molar-refractivity contribution in [3.05, 3.63) is 0 Å². The molecule has 2 heterocycles. The van der Waals surface area contributed by atoms with Gasteiger partial charge >= 0.3 is 0 Å². The Balaban J connectivity index is 0.00000364. The summed E-state index contributed by atoms with van der Waals surface area (Å²) in [6.45, 7) is 12.5. The molecule has 0 aromatic heterocycles. The molecule has 6 nitrogen and oxygen atoms in total. The third-order valence-electron chi connectivity index (χ3n) is 6.23. The fraction of sp³-hybridized carbons (Fsp3) is 0.947. The van der Waals surface area contributed by atoms with E-state index < -0.39 is 14.6 Å². The highest BCUT2D eigenvalue weighted by Crippen LogP contribution is 2.25. The average Bonchev–Trinajstić information content (AvgIpc) is 3.12. The monoisotopic (exact) mass is 514 g/mol. The van der Waals surface area contributed by atoms with Gasteiger partial charge in [-0.2, -0.15) is 0 Å². The summed E-state index contributed by atoms with van der Waals surface area (Å²) in [4.78, 5) is 9.19. The number of guanidine groups is 1. The van der Waals surface area contributed by atoms with Gasteiger partial charge in [0.25, 0.3) is 0 Å². The maximum atomic E-state index is 12.3. The van der Waals surface area contributed by atoms with Crippen LogP contribution in [-0.4, -0.2) is 80.5 Å². The number of aliphatic imine (C=N–C) groups is 1. The second kappa shape index (κ2) is 10.6. The van der Waals surface area contributed by atoms with Crippen molar-refractivity contribution in [2.45, 2.75) is 64.2 Å². The lowest BCUT2D eigenvalue weighted by Gasteiger charge is -2.40. The third-order valence-corrected chi connectivity index (χ3v) is 8.76. The van der Waals surface area contributed by atoms with Gasteiger partial charge in [0.2, 0.25) is 0 Å². The molecule has 8 heteroatoms. The smallest absolute Gasteiger partial charge is 0.193 e. The molecule has 0 aliphatic carbocycles. The molecule has 2 aliphatic rings. The van der Waals surface area contributed by atoms with Gasteiger partial charge in [-0.3, -0.25) is 9.89 Å². The Bertz CT molecular complexity index is 583. The molecule has 1 unspecified atom stereocenters. The zero-order valence-electron chi connectivity index (χ0n) is 17.7. The first-order valence-electron chi connectivity index (χ1n) is 10.2. The highest BCUT2D eigenvalue weighted by Gasteiger charge is 2.41. The summed E-state index contributed by atoms with van der Waals surface area (Å²) in [5.74, 6) is 1.71. The van der Waals surface area contributed by atoms with Gasteiger partial charge in [-0.15, -0.1) is 24.0 Å². The molecule has 0 aromatic carbocycles. The summed E-state index contributed by atoms with van der Waals surface area (Å²) >= 11 is 0. The molecule has 0 aromatic rings. The maximum Gasteiger partial charge on any atom is 0.193 e. The molecule has 2 saturated heterocycles. The predicted molar refractivity (Wildman–Crippen MR) is 125 cm³/mol. The summed E-state index contributed by atoms with van der Waals surface area (Å²) in [6, 6.07) is 0.519. The lowest BCUT2D eigenvalue weighted by Crippen LogP contribution is -2.58. The topological polar surface area (TPSA) is 65.0 Å². The number of hydrogen-bond donors (Lipinski definition) is 1. The van der Waals surface area contributed by atoms with E-state index in [4.69, 9.17) is 0 Å². The molecule has 160 valence electrons. The second-order valence-corrected chi connectivity index (χ2v) is 11.1. The summed E-state index contributed by atoms with van der Waals surface area (Å²) in [5.41, 5.74) is 0. The highest BCUT2D eigenvalue weighted by molar-refractivity contribution is 14.0. The number of nitrogens with zero attached hydrogens (tertiary/aromatic N) is 3.